The summed E-state index contributed by atoms with van der Waals surface area (Å²) in [4.78, 5) is 10.5. The number of benzene rings is 1. The van der Waals surface area contributed by atoms with Gasteiger partial charge in [0.25, 0.3) is 0 Å². The Morgan fingerprint density at radius 1 is 1.54 bits per heavy atom. The van der Waals surface area contributed by atoms with Crippen molar-refractivity contribution >= 4 is 21.6 Å². The Morgan fingerprint density at radius 2 is 2.38 bits per heavy atom. The van der Waals surface area contributed by atoms with Gasteiger partial charge in [0.05, 0.1) is 17.2 Å². The lowest BCUT2D eigenvalue weighted by Crippen LogP contribution is -1.79. The lowest BCUT2D eigenvalue weighted by molar-refractivity contribution is 0.585. The molecule has 0 aliphatic carbocycles. The first-order chi connectivity index (χ1) is 6.29. The van der Waals surface area contributed by atoms with Crippen molar-refractivity contribution in [2.24, 2.45) is 0 Å². The molecule has 0 fully saturated rings. The van der Waals surface area contributed by atoms with Gasteiger partial charge >= 0.3 is 4.94 Å². The third-order valence-electron chi connectivity index (χ3n) is 1.68. The summed E-state index contributed by atoms with van der Waals surface area (Å²) in [7, 11) is 0. The number of fused-ring (bicyclic) bond motifs is 1. The Labute approximate surface area is 77.8 Å². The van der Waals surface area contributed by atoms with Crippen LogP contribution in [-0.4, -0.2) is 0 Å². The van der Waals surface area contributed by atoms with Crippen LogP contribution in [0.5, 0.6) is 0 Å². The average Bonchev–Trinajstić information content (AvgIpc) is 2.44. The van der Waals surface area contributed by atoms with Crippen LogP contribution in [0.15, 0.2) is 27.4 Å². The van der Waals surface area contributed by atoms with Crippen LogP contribution in [-0.2, 0) is 6.42 Å². The highest BCUT2D eigenvalue weighted by Crippen LogP contribution is 2.18. The first-order valence-corrected chi connectivity index (χ1v) is 4.51. The minimum Gasteiger partial charge on any atom is -0.414 e. The van der Waals surface area contributed by atoms with Gasteiger partial charge in [0.15, 0.2) is 0 Å². The lowest BCUT2D eigenvalue weighted by Gasteiger charge is -1.91. The molecule has 0 amide bonds. The van der Waals surface area contributed by atoms with Crippen molar-refractivity contribution in [3.05, 3.63) is 33.5 Å². The van der Waals surface area contributed by atoms with E-state index in [1.54, 1.807) is 12.1 Å². The molecule has 0 saturated carbocycles. The first-order valence-electron chi connectivity index (χ1n) is 3.69. The van der Waals surface area contributed by atoms with Crippen molar-refractivity contribution in [1.82, 2.24) is 0 Å². The summed E-state index contributed by atoms with van der Waals surface area (Å²) in [5.41, 5.74) is 1.50. The lowest BCUT2D eigenvalue weighted by atomic mass is 10.2. The highest BCUT2D eigenvalue weighted by Gasteiger charge is 2.01. The second-order valence-corrected chi connectivity index (χ2v) is 3.55. The summed E-state index contributed by atoms with van der Waals surface area (Å²) in [6.45, 7) is 0. The Kier molecular flexibility index (Phi) is 1.87. The van der Waals surface area contributed by atoms with Gasteiger partial charge in [0, 0.05) is 0 Å². The van der Waals surface area contributed by atoms with Crippen molar-refractivity contribution in [2.75, 3.05) is 0 Å². The summed E-state index contributed by atoms with van der Waals surface area (Å²) in [6, 6.07) is 7.38. The highest BCUT2D eigenvalue weighted by molar-refractivity contribution is 7.16. The molecular weight excluding hydrogens is 186 g/mol. The van der Waals surface area contributed by atoms with Gasteiger partial charge < -0.3 is 4.42 Å². The van der Waals surface area contributed by atoms with Gasteiger partial charge in [-0.3, -0.25) is 0 Å². The summed E-state index contributed by atoms with van der Waals surface area (Å²) in [5.74, 6) is 0. The van der Waals surface area contributed by atoms with Crippen LogP contribution in [0.1, 0.15) is 5.56 Å². The minimum atomic E-state index is -0.302. The van der Waals surface area contributed by atoms with Crippen LogP contribution in [0.25, 0.3) is 10.3 Å². The predicted molar refractivity (Wildman–Crippen MR) is 49.7 cm³/mol. The molecule has 0 aliphatic heterocycles. The van der Waals surface area contributed by atoms with Crippen molar-refractivity contribution < 1.29 is 4.42 Å². The summed E-state index contributed by atoms with van der Waals surface area (Å²) in [6.07, 6.45) is 0.363. The van der Waals surface area contributed by atoms with Crippen molar-refractivity contribution in [3.63, 3.8) is 0 Å². The van der Waals surface area contributed by atoms with Crippen molar-refractivity contribution in [1.29, 1.82) is 5.26 Å². The molecule has 0 radical (unpaired) electrons. The van der Waals surface area contributed by atoms with Crippen LogP contribution >= 0.6 is 11.3 Å². The molecule has 2 aromatic rings. The molecule has 1 heterocycles. The molecule has 0 unspecified atom stereocenters. The number of nitrogens with zero attached hydrogens (tertiary/aromatic N) is 1. The molecule has 0 saturated heterocycles. The van der Waals surface area contributed by atoms with Crippen LogP contribution in [0.4, 0.5) is 0 Å². The third-order valence-corrected chi connectivity index (χ3v) is 2.47. The fourth-order valence-electron chi connectivity index (χ4n) is 1.12. The molecule has 64 valence electrons. The van der Waals surface area contributed by atoms with E-state index in [4.69, 9.17) is 9.68 Å². The van der Waals surface area contributed by atoms with Crippen molar-refractivity contribution in [3.8, 4) is 6.07 Å². The molecule has 2 rings (SSSR count). The van der Waals surface area contributed by atoms with Gasteiger partial charge in [-0.25, -0.2) is 4.79 Å². The molecule has 0 bridgehead atoms. The van der Waals surface area contributed by atoms with Crippen LogP contribution in [0, 0.1) is 11.3 Å². The van der Waals surface area contributed by atoms with E-state index in [0.717, 1.165) is 21.6 Å². The molecule has 13 heavy (non-hydrogen) atoms. The zero-order valence-electron chi connectivity index (χ0n) is 6.61. The number of hydrogen-bond donors (Lipinski definition) is 0. The van der Waals surface area contributed by atoms with E-state index in [2.05, 4.69) is 6.07 Å². The fourth-order valence-corrected chi connectivity index (χ4v) is 1.85. The van der Waals surface area contributed by atoms with Crippen LogP contribution < -0.4 is 4.94 Å². The maximum Gasteiger partial charge on any atom is 0.396 e. The largest absolute Gasteiger partial charge is 0.414 e. The first kappa shape index (κ1) is 8.02. The van der Waals surface area contributed by atoms with Gasteiger partial charge in [0.2, 0.25) is 0 Å². The summed E-state index contributed by atoms with van der Waals surface area (Å²) >= 11 is 1.06. The normalized spacial score (nSPS) is 10.1. The average molecular weight is 191 g/mol. The Hall–Kier alpha value is -1.60. The molecule has 0 N–H and O–H groups in total. The van der Waals surface area contributed by atoms with Gasteiger partial charge in [0.1, 0.15) is 5.58 Å². The maximum atomic E-state index is 10.8. The molecule has 1 aromatic heterocycles. The van der Waals surface area contributed by atoms with Gasteiger partial charge in [-0.15, -0.1) is 0 Å². The highest BCUT2D eigenvalue weighted by atomic mass is 32.1. The zero-order chi connectivity index (χ0) is 9.26. The molecule has 3 nitrogen and oxygen atoms in total. The van der Waals surface area contributed by atoms with E-state index in [1.807, 2.05) is 6.07 Å². The second kappa shape index (κ2) is 3.04. The van der Waals surface area contributed by atoms with E-state index >= 15 is 0 Å². The maximum absolute atomic E-state index is 10.8. The van der Waals surface area contributed by atoms with E-state index in [-0.39, 0.29) is 4.94 Å². The van der Waals surface area contributed by atoms with Crippen molar-refractivity contribution in [2.45, 2.75) is 6.42 Å². The SMILES string of the molecule is N#CCc1ccc2oc(=O)sc2c1. The van der Waals surface area contributed by atoms with E-state index in [9.17, 15) is 4.79 Å². The number of rotatable bonds is 1. The topological polar surface area (TPSA) is 54.0 Å². The van der Waals surface area contributed by atoms with E-state index in [0.29, 0.717) is 12.0 Å². The van der Waals surface area contributed by atoms with Gasteiger partial charge in [-0.1, -0.05) is 17.4 Å². The van der Waals surface area contributed by atoms with E-state index < -0.39 is 0 Å². The predicted octanol–water partition coefficient (Wildman–Crippen LogP) is 1.92. The minimum absolute atomic E-state index is 0.302. The Morgan fingerprint density at radius 3 is 3.15 bits per heavy atom. The molecule has 4 heteroatoms. The van der Waals surface area contributed by atoms with Crippen LogP contribution in [0.3, 0.4) is 0 Å². The zero-order valence-corrected chi connectivity index (χ0v) is 7.43. The van der Waals surface area contributed by atoms with Crippen LogP contribution in [0.2, 0.25) is 0 Å². The number of nitriles is 1. The smallest absolute Gasteiger partial charge is 0.396 e. The molecular formula is C9H5NO2S. The summed E-state index contributed by atoms with van der Waals surface area (Å²) < 4.78 is 5.68. The second-order valence-electron chi connectivity index (χ2n) is 2.57. The molecule has 0 atom stereocenters. The monoisotopic (exact) mass is 191 g/mol. The standard InChI is InChI=1S/C9H5NO2S/c10-4-3-6-1-2-7-8(5-6)13-9(11)12-7/h1-2,5H,3H2. The fraction of sp³-hybridized carbons (Fsp3) is 0.111. The molecule has 0 aliphatic rings. The Balaban J connectivity index is 2.62. The number of hydrogen-bond acceptors (Lipinski definition) is 4. The van der Waals surface area contributed by atoms with E-state index in [1.165, 1.54) is 0 Å². The molecule has 0 spiro atoms. The third kappa shape index (κ3) is 1.46. The van der Waals surface area contributed by atoms with Gasteiger partial charge in [-0.05, 0) is 17.7 Å². The van der Waals surface area contributed by atoms with Gasteiger partial charge in [-0.2, -0.15) is 5.26 Å². The molecule has 1 aromatic carbocycles. The quantitative estimate of drug-likeness (QED) is 0.691. The Bertz CT molecular complexity index is 532. The summed E-state index contributed by atoms with van der Waals surface area (Å²) in [5, 5.41) is 8.47.